The van der Waals surface area contributed by atoms with E-state index in [1.54, 1.807) is 17.0 Å². The Bertz CT molecular complexity index is 1450. The SMILES string of the molecule is C=CC(=O)N1CCN(c2nnc(CCc3ccccc3)c3cc(-c4c(O)cccc4F)c(Cl)cc23)CC1. The molecule has 0 atom stereocenters. The fraction of sp³-hybridized carbons (Fsp3) is 0.207. The monoisotopic (exact) mass is 516 g/mol. The lowest BCUT2D eigenvalue weighted by atomic mass is 9.97. The molecule has 4 aromatic rings. The topological polar surface area (TPSA) is 69.6 Å². The van der Waals surface area contributed by atoms with E-state index >= 15 is 0 Å². The minimum absolute atomic E-state index is 0.0540. The molecule has 3 aromatic carbocycles. The Morgan fingerprint density at radius 3 is 2.46 bits per heavy atom. The molecule has 2 heterocycles. The van der Waals surface area contributed by atoms with Crippen molar-refractivity contribution in [3.8, 4) is 16.9 Å². The molecule has 1 amide bonds. The zero-order valence-corrected chi connectivity index (χ0v) is 21.0. The normalized spacial score (nSPS) is 13.7. The second-order valence-electron chi connectivity index (χ2n) is 8.98. The Morgan fingerprint density at radius 1 is 1.00 bits per heavy atom. The average Bonchev–Trinajstić information content (AvgIpc) is 2.92. The number of aromatic hydroxyl groups is 1. The number of hydrogen-bond acceptors (Lipinski definition) is 5. The summed E-state index contributed by atoms with van der Waals surface area (Å²) in [6.45, 7) is 5.82. The van der Waals surface area contributed by atoms with Crippen LogP contribution in [-0.2, 0) is 17.6 Å². The molecule has 1 aromatic heterocycles. The van der Waals surface area contributed by atoms with Gasteiger partial charge in [0.25, 0.3) is 0 Å². The van der Waals surface area contributed by atoms with Gasteiger partial charge in [-0.05, 0) is 48.7 Å². The van der Waals surface area contributed by atoms with Gasteiger partial charge in [-0.2, -0.15) is 5.10 Å². The standard InChI is InChI=1S/C29H26ClFN4O2/c1-2-27(37)34-13-15-35(16-14-34)29-21-18-23(30)22(28-24(31)9-6-10-26(28)36)17-20(21)25(32-33-29)12-11-19-7-4-3-5-8-19/h2-10,17-18,36H,1,11-16H2. The number of carbonyl (C=O) groups excluding carboxylic acids is 1. The summed E-state index contributed by atoms with van der Waals surface area (Å²) in [5, 5.41) is 21.5. The number of phenols is 1. The van der Waals surface area contributed by atoms with Crippen molar-refractivity contribution in [2.24, 2.45) is 0 Å². The van der Waals surface area contributed by atoms with Crippen molar-refractivity contribution in [3.63, 3.8) is 0 Å². The third-order valence-electron chi connectivity index (χ3n) is 6.74. The van der Waals surface area contributed by atoms with Crippen molar-refractivity contribution in [2.75, 3.05) is 31.1 Å². The molecule has 6 nitrogen and oxygen atoms in total. The van der Waals surface area contributed by atoms with E-state index in [0.29, 0.717) is 49.0 Å². The summed E-state index contributed by atoms with van der Waals surface area (Å²) in [7, 11) is 0. The number of piperazine rings is 1. The van der Waals surface area contributed by atoms with E-state index in [9.17, 15) is 14.3 Å². The Morgan fingerprint density at radius 2 is 1.76 bits per heavy atom. The lowest BCUT2D eigenvalue weighted by Crippen LogP contribution is -2.48. The molecule has 0 saturated carbocycles. The smallest absolute Gasteiger partial charge is 0.246 e. The van der Waals surface area contributed by atoms with Crippen molar-refractivity contribution in [1.82, 2.24) is 15.1 Å². The molecule has 37 heavy (non-hydrogen) atoms. The Labute approximate surface area is 219 Å². The highest BCUT2D eigenvalue weighted by molar-refractivity contribution is 6.34. The first-order valence-corrected chi connectivity index (χ1v) is 12.5. The number of fused-ring (bicyclic) bond motifs is 1. The molecule has 5 rings (SSSR count). The lowest BCUT2D eigenvalue weighted by molar-refractivity contribution is -0.126. The van der Waals surface area contributed by atoms with Crippen LogP contribution < -0.4 is 4.90 Å². The summed E-state index contributed by atoms with van der Waals surface area (Å²) in [5.41, 5.74) is 2.38. The Balaban J connectivity index is 1.59. The number of nitrogens with zero attached hydrogens (tertiary/aromatic N) is 4. The van der Waals surface area contributed by atoms with Crippen LogP contribution in [0.5, 0.6) is 5.75 Å². The van der Waals surface area contributed by atoms with E-state index in [1.165, 1.54) is 29.8 Å². The van der Waals surface area contributed by atoms with Gasteiger partial charge in [0.15, 0.2) is 5.82 Å². The fourth-order valence-electron chi connectivity index (χ4n) is 4.78. The van der Waals surface area contributed by atoms with Gasteiger partial charge in [-0.15, -0.1) is 5.10 Å². The van der Waals surface area contributed by atoms with Crippen molar-refractivity contribution in [1.29, 1.82) is 0 Å². The zero-order valence-electron chi connectivity index (χ0n) is 20.2. The van der Waals surface area contributed by atoms with Crippen LogP contribution in [0, 0.1) is 5.82 Å². The molecule has 1 aliphatic heterocycles. The Kier molecular flexibility index (Phi) is 7.06. The van der Waals surface area contributed by atoms with Gasteiger partial charge in [0, 0.05) is 47.5 Å². The molecule has 0 bridgehead atoms. The first-order chi connectivity index (χ1) is 18.0. The molecular formula is C29H26ClFN4O2. The van der Waals surface area contributed by atoms with Crippen LogP contribution in [-0.4, -0.2) is 52.3 Å². The fourth-order valence-corrected chi connectivity index (χ4v) is 5.04. The maximum absolute atomic E-state index is 14.8. The van der Waals surface area contributed by atoms with Crippen LogP contribution in [0.1, 0.15) is 11.3 Å². The van der Waals surface area contributed by atoms with Crippen LogP contribution in [0.2, 0.25) is 5.02 Å². The highest BCUT2D eigenvalue weighted by atomic mass is 35.5. The van der Waals surface area contributed by atoms with Gasteiger partial charge >= 0.3 is 0 Å². The predicted octanol–water partition coefficient (Wildman–Crippen LogP) is 5.41. The van der Waals surface area contributed by atoms with Crippen LogP contribution in [0.15, 0.2) is 73.3 Å². The number of hydrogen-bond donors (Lipinski definition) is 1. The lowest BCUT2D eigenvalue weighted by Gasteiger charge is -2.35. The molecule has 1 N–H and O–H groups in total. The van der Waals surface area contributed by atoms with E-state index in [0.717, 1.165) is 22.9 Å². The molecule has 1 saturated heterocycles. The second-order valence-corrected chi connectivity index (χ2v) is 9.39. The maximum Gasteiger partial charge on any atom is 0.246 e. The van der Waals surface area contributed by atoms with Crippen molar-refractivity contribution >= 4 is 34.1 Å². The van der Waals surface area contributed by atoms with Gasteiger partial charge in [0.05, 0.1) is 11.3 Å². The predicted molar refractivity (Wildman–Crippen MR) is 144 cm³/mol. The Hall–Kier alpha value is -3.97. The third-order valence-corrected chi connectivity index (χ3v) is 7.06. The van der Waals surface area contributed by atoms with Gasteiger partial charge in [-0.3, -0.25) is 4.79 Å². The van der Waals surface area contributed by atoms with E-state index in [1.807, 2.05) is 18.2 Å². The molecule has 0 unspecified atom stereocenters. The van der Waals surface area contributed by atoms with Gasteiger partial charge in [0.1, 0.15) is 11.6 Å². The molecule has 8 heteroatoms. The van der Waals surface area contributed by atoms with Crippen molar-refractivity contribution in [2.45, 2.75) is 12.8 Å². The number of amides is 1. The van der Waals surface area contributed by atoms with Gasteiger partial charge in [-0.25, -0.2) is 4.39 Å². The second kappa shape index (κ2) is 10.6. The van der Waals surface area contributed by atoms with Crippen molar-refractivity contribution in [3.05, 3.63) is 95.4 Å². The minimum atomic E-state index is -0.558. The molecule has 0 aliphatic carbocycles. The van der Waals surface area contributed by atoms with E-state index in [-0.39, 0.29) is 17.2 Å². The number of halogens is 2. The summed E-state index contributed by atoms with van der Waals surface area (Å²) in [6.07, 6.45) is 2.71. The quantitative estimate of drug-likeness (QED) is 0.347. The van der Waals surface area contributed by atoms with Crippen LogP contribution >= 0.6 is 11.6 Å². The molecule has 188 valence electrons. The number of rotatable bonds is 6. The summed E-state index contributed by atoms with van der Waals surface area (Å²) in [5.74, 6) is -0.172. The first-order valence-electron chi connectivity index (χ1n) is 12.1. The van der Waals surface area contributed by atoms with Gasteiger partial charge < -0.3 is 14.9 Å². The van der Waals surface area contributed by atoms with Gasteiger partial charge in [-0.1, -0.05) is 54.6 Å². The molecule has 0 radical (unpaired) electrons. The van der Waals surface area contributed by atoms with Crippen LogP contribution in [0.4, 0.5) is 10.2 Å². The van der Waals surface area contributed by atoms with E-state index in [2.05, 4.69) is 33.8 Å². The van der Waals surface area contributed by atoms with E-state index < -0.39 is 5.82 Å². The maximum atomic E-state index is 14.8. The summed E-state index contributed by atoms with van der Waals surface area (Å²) >= 11 is 6.69. The highest BCUT2D eigenvalue weighted by Gasteiger charge is 2.24. The molecule has 1 fully saturated rings. The number of anilines is 1. The molecule has 0 spiro atoms. The number of carbonyl (C=O) groups is 1. The first kappa shape index (κ1) is 24.7. The number of phenolic OH excluding ortho intramolecular Hbond substituents is 1. The number of aryl methyl sites for hydroxylation is 2. The molecule has 1 aliphatic rings. The zero-order chi connectivity index (χ0) is 25.9. The summed E-state index contributed by atoms with van der Waals surface area (Å²) < 4.78 is 14.8. The van der Waals surface area contributed by atoms with Crippen molar-refractivity contribution < 1.29 is 14.3 Å². The van der Waals surface area contributed by atoms with Gasteiger partial charge in [0.2, 0.25) is 5.91 Å². The minimum Gasteiger partial charge on any atom is -0.507 e. The largest absolute Gasteiger partial charge is 0.507 e. The third kappa shape index (κ3) is 5.00. The van der Waals surface area contributed by atoms with Crippen LogP contribution in [0.25, 0.3) is 21.9 Å². The van der Waals surface area contributed by atoms with E-state index in [4.69, 9.17) is 11.6 Å². The number of aromatic nitrogens is 2. The summed E-state index contributed by atoms with van der Waals surface area (Å²) in [6, 6.07) is 17.9. The summed E-state index contributed by atoms with van der Waals surface area (Å²) in [4.78, 5) is 15.9. The average molecular weight is 517 g/mol. The number of benzene rings is 3. The highest BCUT2D eigenvalue weighted by Crippen LogP contribution is 2.41. The molecular weight excluding hydrogens is 491 g/mol. The van der Waals surface area contributed by atoms with Crippen LogP contribution in [0.3, 0.4) is 0 Å².